The molecule has 1 aromatic heterocycles. The summed E-state index contributed by atoms with van der Waals surface area (Å²) in [5.41, 5.74) is 9.86. The molecule has 2 nitrogen and oxygen atoms in total. The van der Waals surface area contributed by atoms with Gasteiger partial charge in [0.15, 0.2) is 0 Å². The maximum Gasteiger partial charge on any atom is 0.0706 e. The topological polar surface area (TPSA) is 30.9 Å². The Bertz CT molecular complexity index is 668. The van der Waals surface area contributed by atoms with Crippen LogP contribution >= 0.6 is 0 Å². The number of hydrogen-bond acceptors (Lipinski definition) is 1. The first kappa shape index (κ1) is 11.1. The molecule has 0 aliphatic rings. The summed E-state index contributed by atoms with van der Waals surface area (Å²) in [7, 11) is 2.07. The molecule has 0 bridgehead atoms. The van der Waals surface area contributed by atoms with E-state index in [1.54, 1.807) is 0 Å². The quantitative estimate of drug-likeness (QED) is 0.727. The number of rotatable bonds is 2. The summed E-state index contributed by atoms with van der Waals surface area (Å²) >= 11 is 0. The number of aryl methyl sites for hydroxylation is 1. The standard InChI is InChI=1S/C16H16N2/c1-18-14-10-6-5-9-13(14)11-15(18)16(17)12-7-3-2-4-8-12/h2-11,16H,17H2,1H3. The molecule has 0 saturated heterocycles. The second kappa shape index (κ2) is 4.31. The second-order valence-corrected chi connectivity index (χ2v) is 4.58. The van der Waals surface area contributed by atoms with E-state index in [0.717, 1.165) is 11.3 Å². The molecular weight excluding hydrogens is 220 g/mol. The Kier molecular flexibility index (Phi) is 2.65. The number of benzene rings is 2. The first-order valence-electron chi connectivity index (χ1n) is 6.12. The molecule has 1 unspecified atom stereocenters. The highest BCUT2D eigenvalue weighted by molar-refractivity contribution is 5.81. The largest absolute Gasteiger partial charge is 0.346 e. The molecule has 18 heavy (non-hydrogen) atoms. The highest BCUT2D eigenvalue weighted by atomic mass is 15.0. The van der Waals surface area contributed by atoms with Gasteiger partial charge in [0.2, 0.25) is 0 Å². The zero-order valence-electron chi connectivity index (χ0n) is 10.4. The van der Waals surface area contributed by atoms with Crippen molar-refractivity contribution in [1.82, 2.24) is 4.57 Å². The Balaban J connectivity index is 2.12. The van der Waals surface area contributed by atoms with Gasteiger partial charge in [-0.15, -0.1) is 0 Å². The van der Waals surface area contributed by atoms with Crippen LogP contribution in [0.15, 0.2) is 60.7 Å². The van der Waals surface area contributed by atoms with E-state index >= 15 is 0 Å². The van der Waals surface area contributed by atoms with Crippen LogP contribution in [0, 0.1) is 0 Å². The minimum atomic E-state index is -0.0800. The molecule has 0 fully saturated rings. The monoisotopic (exact) mass is 236 g/mol. The number of hydrogen-bond donors (Lipinski definition) is 1. The fourth-order valence-electron chi connectivity index (χ4n) is 2.44. The smallest absolute Gasteiger partial charge is 0.0706 e. The van der Waals surface area contributed by atoms with E-state index < -0.39 is 0 Å². The second-order valence-electron chi connectivity index (χ2n) is 4.58. The molecule has 0 aliphatic heterocycles. The first-order chi connectivity index (χ1) is 8.77. The number of nitrogens with zero attached hydrogens (tertiary/aromatic N) is 1. The zero-order valence-corrected chi connectivity index (χ0v) is 10.4. The van der Waals surface area contributed by atoms with Gasteiger partial charge in [-0.2, -0.15) is 0 Å². The van der Waals surface area contributed by atoms with Gasteiger partial charge in [0.1, 0.15) is 0 Å². The van der Waals surface area contributed by atoms with Crippen molar-refractivity contribution in [2.45, 2.75) is 6.04 Å². The van der Waals surface area contributed by atoms with Crippen molar-refractivity contribution in [2.24, 2.45) is 12.8 Å². The van der Waals surface area contributed by atoms with Gasteiger partial charge < -0.3 is 10.3 Å². The summed E-state index contributed by atoms with van der Waals surface area (Å²) < 4.78 is 2.17. The maximum absolute atomic E-state index is 6.36. The van der Waals surface area contributed by atoms with Gasteiger partial charge in [0.05, 0.1) is 6.04 Å². The Labute approximate surface area is 107 Å². The third-order valence-electron chi connectivity index (χ3n) is 3.47. The number of aromatic nitrogens is 1. The highest BCUT2D eigenvalue weighted by Crippen LogP contribution is 2.25. The Hall–Kier alpha value is -2.06. The van der Waals surface area contributed by atoms with Crippen LogP contribution in [0.4, 0.5) is 0 Å². The normalized spacial score (nSPS) is 12.8. The van der Waals surface area contributed by atoms with Crippen molar-refractivity contribution in [1.29, 1.82) is 0 Å². The van der Waals surface area contributed by atoms with Crippen LogP contribution in [0.25, 0.3) is 10.9 Å². The summed E-state index contributed by atoms with van der Waals surface area (Å²) in [5.74, 6) is 0. The van der Waals surface area contributed by atoms with Crippen molar-refractivity contribution < 1.29 is 0 Å². The van der Waals surface area contributed by atoms with E-state index in [2.05, 4.69) is 54.1 Å². The molecule has 0 radical (unpaired) electrons. The van der Waals surface area contributed by atoms with Crippen LogP contribution in [-0.4, -0.2) is 4.57 Å². The van der Waals surface area contributed by atoms with Crippen molar-refractivity contribution in [3.63, 3.8) is 0 Å². The van der Waals surface area contributed by atoms with Gasteiger partial charge >= 0.3 is 0 Å². The molecule has 0 aliphatic carbocycles. The van der Waals surface area contributed by atoms with E-state index in [1.165, 1.54) is 10.9 Å². The average molecular weight is 236 g/mol. The molecule has 3 aromatic rings. The summed E-state index contributed by atoms with van der Waals surface area (Å²) in [6.45, 7) is 0. The highest BCUT2D eigenvalue weighted by Gasteiger charge is 2.14. The molecule has 3 rings (SSSR count). The van der Waals surface area contributed by atoms with Crippen molar-refractivity contribution in [3.8, 4) is 0 Å². The molecule has 2 heteroatoms. The molecule has 1 atom stereocenters. The predicted molar refractivity (Wildman–Crippen MR) is 75.4 cm³/mol. The van der Waals surface area contributed by atoms with Gasteiger partial charge in [-0.05, 0) is 23.1 Å². The lowest BCUT2D eigenvalue weighted by molar-refractivity contribution is 0.761. The third kappa shape index (κ3) is 1.71. The van der Waals surface area contributed by atoms with Crippen LogP contribution in [0.1, 0.15) is 17.3 Å². The van der Waals surface area contributed by atoms with E-state index in [0.29, 0.717) is 0 Å². The van der Waals surface area contributed by atoms with Gasteiger partial charge in [0.25, 0.3) is 0 Å². The maximum atomic E-state index is 6.36. The average Bonchev–Trinajstić information content (AvgIpc) is 2.77. The van der Waals surface area contributed by atoms with Crippen molar-refractivity contribution in [2.75, 3.05) is 0 Å². The fraction of sp³-hybridized carbons (Fsp3) is 0.125. The lowest BCUT2D eigenvalue weighted by Gasteiger charge is -2.13. The SMILES string of the molecule is Cn1c(C(N)c2ccccc2)cc2ccccc21. The minimum absolute atomic E-state index is 0.0800. The van der Waals surface area contributed by atoms with E-state index in [4.69, 9.17) is 5.73 Å². The van der Waals surface area contributed by atoms with Crippen molar-refractivity contribution in [3.05, 3.63) is 71.9 Å². The molecule has 0 saturated carbocycles. The molecule has 2 N–H and O–H groups in total. The molecule has 1 heterocycles. The summed E-state index contributed by atoms with van der Waals surface area (Å²) in [6.07, 6.45) is 0. The van der Waals surface area contributed by atoms with Crippen LogP contribution in [0.3, 0.4) is 0 Å². The molecule has 90 valence electrons. The summed E-state index contributed by atoms with van der Waals surface area (Å²) in [5, 5.41) is 1.24. The van der Waals surface area contributed by atoms with E-state index in [9.17, 15) is 0 Å². The third-order valence-corrected chi connectivity index (χ3v) is 3.47. The van der Waals surface area contributed by atoms with Crippen LogP contribution < -0.4 is 5.73 Å². The zero-order chi connectivity index (χ0) is 12.5. The number of para-hydroxylation sites is 1. The van der Waals surface area contributed by atoms with Gasteiger partial charge in [-0.25, -0.2) is 0 Å². The fourth-order valence-corrected chi connectivity index (χ4v) is 2.44. The van der Waals surface area contributed by atoms with Gasteiger partial charge in [-0.1, -0.05) is 48.5 Å². The molecular formula is C16H16N2. The molecule has 2 aromatic carbocycles. The van der Waals surface area contributed by atoms with E-state index in [1.807, 2.05) is 18.2 Å². The van der Waals surface area contributed by atoms with Crippen LogP contribution in [-0.2, 0) is 7.05 Å². The lowest BCUT2D eigenvalue weighted by atomic mass is 10.0. The Morgan fingerprint density at radius 2 is 1.61 bits per heavy atom. The summed E-state index contributed by atoms with van der Waals surface area (Å²) in [6, 6.07) is 20.7. The van der Waals surface area contributed by atoms with Crippen LogP contribution in [0.2, 0.25) is 0 Å². The molecule has 0 spiro atoms. The lowest BCUT2D eigenvalue weighted by Crippen LogP contribution is -2.15. The van der Waals surface area contributed by atoms with Gasteiger partial charge in [0, 0.05) is 18.3 Å². The van der Waals surface area contributed by atoms with E-state index in [-0.39, 0.29) is 6.04 Å². The Morgan fingerprint density at radius 3 is 2.33 bits per heavy atom. The predicted octanol–water partition coefficient (Wildman–Crippen LogP) is 3.23. The number of fused-ring (bicyclic) bond motifs is 1. The minimum Gasteiger partial charge on any atom is -0.346 e. The first-order valence-corrected chi connectivity index (χ1v) is 6.12. The van der Waals surface area contributed by atoms with Gasteiger partial charge in [-0.3, -0.25) is 0 Å². The van der Waals surface area contributed by atoms with Crippen molar-refractivity contribution >= 4 is 10.9 Å². The number of nitrogens with two attached hydrogens (primary N) is 1. The molecule has 0 amide bonds. The Morgan fingerprint density at radius 1 is 0.944 bits per heavy atom. The van der Waals surface area contributed by atoms with Crippen LogP contribution in [0.5, 0.6) is 0 Å². The summed E-state index contributed by atoms with van der Waals surface area (Å²) in [4.78, 5) is 0.